The van der Waals surface area contributed by atoms with Gasteiger partial charge in [-0.25, -0.2) is 9.67 Å². The van der Waals surface area contributed by atoms with E-state index in [0.717, 1.165) is 17.0 Å². The third kappa shape index (κ3) is 1.51. The van der Waals surface area contributed by atoms with Crippen LogP contribution in [0.5, 0.6) is 0 Å². The Labute approximate surface area is 84.3 Å². The first-order chi connectivity index (χ1) is 6.31. The molecule has 0 amide bonds. The molecule has 0 saturated carbocycles. The van der Waals surface area contributed by atoms with Crippen LogP contribution in [0, 0.1) is 0 Å². The second-order valence-electron chi connectivity index (χ2n) is 2.62. The molecule has 0 unspecified atom stereocenters. The highest BCUT2D eigenvalue weighted by Crippen LogP contribution is 2.10. The molecule has 0 N–H and O–H groups in total. The van der Waals surface area contributed by atoms with Gasteiger partial charge in [-0.2, -0.15) is 5.10 Å². The fourth-order valence-corrected chi connectivity index (χ4v) is 1.45. The van der Waals surface area contributed by atoms with Crippen molar-refractivity contribution < 1.29 is 0 Å². The normalized spacial score (nSPS) is 10.6. The number of halogens is 1. The number of imidazole rings is 1. The summed E-state index contributed by atoms with van der Waals surface area (Å²) in [6.07, 6.45) is 7.34. The van der Waals surface area contributed by atoms with Gasteiger partial charge in [-0.1, -0.05) is 0 Å². The van der Waals surface area contributed by atoms with Crippen LogP contribution in [0.1, 0.15) is 6.92 Å². The summed E-state index contributed by atoms with van der Waals surface area (Å²) in [5.74, 6) is 0.841. The van der Waals surface area contributed by atoms with Crippen molar-refractivity contribution >= 4 is 15.9 Å². The summed E-state index contributed by atoms with van der Waals surface area (Å²) >= 11 is 3.34. The SMILES string of the molecule is CCn1ccnc1-n1cc(Br)cn1. The molecule has 0 aliphatic rings. The van der Waals surface area contributed by atoms with Crippen molar-refractivity contribution in [3.8, 4) is 5.95 Å². The van der Waals surface area contributed by atoms with Gasteiger partial charge in [0.05, 0.1) is 10.7 Å². The first-order valence-electron chi connectivity index (χ1n) is 4.03. The molecule has 0 fully saturated rings. The van der Waals surface area contributed by atoms with E-state index in [9.17, 15) is 0 Å². The molecule has 0 aliphatic heterocycles. The monoisotopic (exact) mass is 240 g/mol. The molecule has 0 radical (unpaired) electrons. The van der Waals surface area contributed by atoms with Crippen LogP contribution < -0.4 is 0 Å². The van der Waals surface area contributed by atoms with E-state index in [0.29, 0.717) is 0 Å². The van der Waals surface area contributed by atoms with Gasteiger partial charge in [0.25, 0.3) is 0 Å². The molecular formula is C8H9BrN4. The minimum absolute atomic E-state index is 0.841. The molecule has 2 aromatic rings. The van der Waals surface area contributed by atoms with E-state index < -0.39 is 0 Å². The first kappa shape index (κ1) is 8.50. The van der Waals surface area contributed by atoms with Crippen LogP contribution in [0.2, 0.25) is 0 Å². The highest BCUT2D eigenvalue weighted by molar-refractivity contribution is 9.10. The highest BCUT2D eigenvalue weighted by atomic mass is 79.9. The summed E-state index contributed by atoms with van der Waals surface area (Å²) in [5, 5.41) is 4.15. The number of aromatic nitrogens is 4. The number of hydrogen-bond donors (Lipinski definition) is 0. The molecule has 2 aromatic heterocycles. The predicted molar refractivity (Wildman–Crippen MR) is 52.7 cm³/mol. The van der Waals surface area contributed by atoms with Crippen LogP contribution >= 0.6 is 15.9 Å². The standard InChI is InChI=1S/C8H9BrN4/c1-2-12-4-3-10-8(12)13-6-7(9)5-11-13/h3-6H,2H2,1H3. The van der Waals surface area contributed by atoms with E-state index in [4.69, 9.17) is 0 Å². The molecule has 0 spiro atoms. The lowest BCUT2D eigenvalue weighted by atomic mass is 10.7. The quantitative estimate of drug-likeness (QED) is 0.804. The molecule has 0 aromatic carbocycles. The van der Waals surface area contributed by atoms with Crippen LogP contribution in [-0.2, 0) is 6.54 Å². The Balaban J connectivity index is 2.45. The van der Waals surface area contributed by atoms with Gasteiger partial charge in [0.2, 0.25) is 5.95 Å². The smallest absolute Gasteiger partial charge is 0.230 e. The zero-order chi connectivity index (χ0) is 9.26. The third-order valence-corrected chi connectivity index (χ3v) is 2.20. The fraction of sp³-hybridized carbons (Fsp3) is 0.250. The second kappa shape index (κ2) is 3.33. The van der Waals surface area contributed by atoms with Crippen LogP contribution in [0.15, 0.2) is 29.3 Å². The summed E-state index contributed by atoms with van der Waals surface area (Å²) in [5.41, 5.74) is 0. The number of aryl methyl sites for hydroxylation is 1. The molecule has 4 nitrogen and oxygen atoms in total. The molecule has 0 aliphatic carbocycles. The molecule has 13 heavy (non-hydrogen) atoms. The lowest BCUT2D eigenvalue weighted by Crippen LogP contribution is -2.05. The van der Waals surface area contributed by atoms with Crippen molar-refractivity contribution in [2.45, 2.75) is 13.5 Å². The Morgan fingerprint density at radius 1 is 1.54 bits per heavy atom. The van der Waals surface area contributed by atoms with Crippen molar-refractivity contribution in [2.75, 3.05) is 0 Å². The van der Waals surface area contributed by atoms with Gasteiger partial charge in [0.15, 0.2) is 0 Å². The van der Waals surface area contributed by atoms with Gasteiger partial charge < -0.3 is 4.57 Å². The zero-order valence-corrected chi connectivity index (χ0v) is 8.77. The van der Waals surface area contributed by atoms with Crippen LogP contribution in [-0.4, -0.2) is 19.3 Å². The summed E-state index contributed by atoms with van der Waals surface area (Å²) in [6, 6.07) is 0. The summed E-state index contributed by atoms with van der Waals surface area (Å²) in [4.78, 5) is 4.21. The van der Waals surface area contributed by atoms with Crippen molar-refractivity contribution in [2.24, 2.45) is 0 Å². The number of nitrogens with zero attached hydrogens (tertiary/aromatic N) is 4. The van der Waals surface area contributed by atoms with Gasteiger partial charge in [-0.3, -0.25) is 0 Å². The molecule has 5 heteroatoms. The van der Waals surface area contributed by atoms with Crippen molar-refractivity contribution in [3.63, 3.8) is 0 Å². The summed E-state index contributed by atoms with van der Waals surface area (Å²) in [6.45, 7) is 2.97. The first-order valence-corrected chi connectivity index (χ1v) is 4.82. The lowest BCUT2D eigenvalue weighted by Gasteiger charge is -2.02. The van der Waals surface area contributed by atoms with E-state index in [2.05, 4.69) is 32.9 Å². The molecule has 0 saturated heterocycles. The van der Waals surface area contributed by atoms with Gasteiger partial charge in [-0.15, -0.1) is 0 Å². The van der Waals surface area contributed by atoms with E-state index in [-0.39, 0.29) is 0 Å². The predicted octanol–water partition coefficient (Wildman–Crippen LogP) is 1.85. The Hall–Kier alpha value is -1.10. The minimum Gasteiger partial charge on any atom is -0.316 e. The maximum atomic E-state index is 4.21. The maximum absolute atomic E-state index is 4.21. The third-order valence-electron chi connectivity index (χ3n) is 1.79. The van der Waals surface area contributed by atoms with E-state index in [1.807, 2.05) is 17.0 Å². The lowest BCUT2D eigenvalue weighted by molar-refractivity contribution is 0.686. The van der Waals surface area contributed by atoms with Crippen molar-refractivity contribution in [3.05, 3.63) is 29.3 Å². The molecule has 2 rings (SSSR count). The Morgan fingerprint density at radius 3 is 3.00 bits per heavy atom. The van der Waals surface area contributed by atoms with E-state index in [1.54, 1.807) is 17.1 Å². The Bertz CT molecular complexity index is 404. The molecular weight excluding hydrogens is 232 g/mol. The van der Waals surface area contributed by atoms with Gasteiger partial charge in [0, 0.05) is 25.1 Å². The van der Waals surface area contributed by atoms with E-state index in [1.165, 1.54) is 0 Å². The minimum atomic E-state index is 0.841. The second-order valence-corrected chi connectivity index (χ2v) is 3.53. The molecule has 2 heterocycles. The molecule has 0 atom stereocenters. The zero-order valence-electron chi connectivity index (χ0n) is 7.18. The fourth-order valence-electron chi connectivity index (χ4n) is 1.17. The Morgan fingerprint density at radius 2 is 2.38 bits per heavy atom. The van der Waals surface area contributed by atoms with E-state index >= 15 is 0 Å². The average Bonchev–Trinajstić information content (AvgIpc) is 2.71. The largest absolute Gasteiger partial charge is 0.316 e. The van der Waals surface area contributed by atoms with Gasteiger partial charge in [-0.05, 0) is 22.9 Å². The highest BCUT2D eigenvalue weighted by Gasteiger charge is 2.04. The average molecular weight is 241 g/mol. The van der Waals surface area contributed by atoms with Crippen LogP contribution in [0.3, 0.4) is 0 Å². The molecule has 0 bridgehead atoms. The summed E-state index contributed by atoms with van der Waals surface area (Å²) in [7, 11) is 0. The van der Waals surface area contributed by atoms with Crippen molar-refractivity contribution in [1.82, 2.24) is 19.3 Å². The summed E-state index contributed by atoms with van der Waals surface area (Å²) < 4.78 is 4.73. The Kier molecular flexibility index (Phi) is 2.18. The van der Waals surface area contributed by atoms with Gasteiger partial charge in [0.1, 0.15) is 0 Å². The number of hydrogen-bond acceptors (Lipinski definition) is 2. The van der Waals surface area contributed by atoms with Crippen LogP contribution in [0.4, 0.5) is 0 Å². The van der Waals surface area contributed by atoms with Crippen molar-refractivity contribution in [1.29, 1.82) is 0 Å². The van der Waals surface area contributed by atoms with Gasteiger partial charge >= 0.3 is 0 Å². The van der Waals surface area contributed by atoms with Crippen LogP contribution in [0.25, 0.3) is 5.95 Å². The number of rotatable bonds is 2. The molecule has 68 valence electrons. The maximum Gasteiger partial charge on any atom is 0.230 e. The topological polar surface area (TPSA) is 35.6 Å².